The van der Waals surface area contributed by atoms with Crippen molar-refractivity contribution in [1.82, 2.24) is 5.43 Å². The van der Waals surface area contributed by atoms with Crippen LogP contribution in [0.4, 0.5) is 0 Å². The molecular formula is C25H22BrClN2O4. The highest BCUT2D eigenvalue weighted by molar-refractivity contribution is 9.10. The molecule has 0 aliphatic heterocycles. The van der Waals surface area contributed by atoms with Crippen molar-refractivity contribution in [3.8, 4) is 17.2 Å². The SMILES string of the molecule is COc1ccc(/C=C/C(=O)N/N=C\c2cc(Br)c(OCc3ccc(Cl)cc3)c(OC)c2)cc1. The van der Waals surface area contributed by atoms with Gasteiger partial charge >= 0.3 is 0 Å². The Bertz CT molecular complexity index is 1150. The van der Waals surface area contributed by atoms with Crippen molar-refractivity contribution >= 4 is 45.7 Å². The molecule has 0 aromatic heterocycles. The molecule has 0 radical (unpaired) electrons. The summed E-state index contributed by atoms with van der Waals surface area (Å²) in [5.74, 6) is 1.50. The van der Waals surface area contributed by atoms with Gasteiger partial charge in [0.25, 0.3) is 5.91 Å². The number of hydrogen-bond donors (Lipinski definition) is 1. The molecule has 170 valence electrons. The fourth-order valence-electron chi connectivity index (χ4n) is 2.79. The Morgan fingerprint density at radius 2 is 1.76 bits per heavy atom. The van der Waals surface area contributed by atoms with Crippen molar-refractivity contribution in [3.05, 3.63) is 92.9 Å². The zero-order valence-corrected chi connectivity index (χ0v) is 20.4. The van der Waals surface area contributed by atoms with E-state index in [1.807, 2.05) is 54.6 Å². The van der Waals surface area contributed by atoms with E-state index in [1.54, 1.807) is 26.4 Å². The molecule has 0 aliphatic carbocycles. The van der Waals surface area contributed by atoms with E-state index in [-0.39, 0.29) is 5.91 Å². The molecule has 0 saturated carbocycles. The predicted octanol–water partition coefficient (Wildman–Crippen LogP) is 5.86. The Labute approximate surface area is 205 Å². The maximum Gasteiger partial charge on any atom is 0.264 e. The van der Waals surface area contributed by atoms with Gasteiger partial charge in [-0.25, -0.2) is 5.43 Å². The molecule has 3 aromatic rings. The van der Waals surface area contributed by atoms with Gasteiger partial charge in [0.05, 0.1) is 24.9 Å². The summed E-state index contributed by atoms with van der Waals surface area (Å²) < 4.78 is 17.2. The number of rotatable bonds is 9. The van der Waals surface area contributed by atoms with Crippen molar-refractivity contribution in [2.24, 2.45) is 5.10 Å². The van der Waals surface area contributed by atoms with Crippen LogP contribution in [0.2, 0.25) is 5.02 Å². The number of carbonyl (C=O) groups excluding carboxylic acids is 1. The molecule has 0 aliphatic rings. The summed E-state index contributed by atoms with van der Waals surface area (Å²) in [6.45, 7) is 0.357. The molecule has 0 spiro atoms. The number of ether oxygens (including phenoxy) is 3. The van der Waals surface area contributed by atoms with Gasteiger partial charge in [-0.2, -0.15) is 5.10 Å². The molecule has 0 bridgehead atoms. The Balaban J connectivity index is 1.60. The first-order chi connectivity index (χ1) is 16.0. The number of hydrogen-bond acceptors (Lipinski definition) is 5. The average molecular weight is 530 g/mol. The van der Waals surface area contributed by atoms with E-state index in [1.165, 1.54) is 12.3 Å². The Hall–Kier alpha value is -3.29. The number of halogens is 2. The zero-order valence-electron chi connectivity index (χ0n) is 18.0. The fraction of sp³-hybridized carbons (Fsp3) is 0.120. The lowest BCUT2D eigenvalue weighted by atomic mass is 10.2. The number of nitrogens with zero attached hydrogens (tertiary/aromatic N) is 1. The summed E-state index contributed by atoms with van der Waals surface area (Å²) in [6, 6.07) is 18.4. The van der Waals surface area contributed by atoms with Crippen LogP contribution in [0.5, 0.6) is 17.2 Å². The van der Waals surface area contributed by atoms with E-state index < -0.39 is 0 Å². The summed E-state index contributed by atoms with van der Waals surface area (Å²) in [4.78, 5) is 12.0. The summed E-state index contributed by atoms with van der Waals surface area (Å²) in [5, 5.41) is 4.67. The third kappa shape index (κ3) is 7.37. The van der Waals surface area contributed by atoms with Gasteiger partial charge in [0.2, 0.25) is 0 Å². The van der Waals surface area contributed by atoms with Crippen molar-refractivity contribution in [3.63, 3.8) is 0 Å². The van der Waals surface area contributed by atoms with E-state index in [0.29, 0.717) is 27.6 Å². The van der Waals surface area contributed by atoms with Crippen LogP contribution in [0.25, 0.3) is 6.08 Å². The number of methoxy groups -OCH3 is 2. The molecule has 0 fully saturated rings. The van der Waals surface area contributed by atoms with Crippen molar-refractivity contribution in [2.45, 2.75) is 6.61 Å². The second-order valence-electron chi connectivity index (χ2n) is 6.79. The van der Waals surface area contributed by atoms with Gasteiger partial charge in [-0.05, 0) is 75.1 Å². The van der Waals surface area contributed by atoms with Crippen molar-refractivity contribution in [2.75, 3.05) is 14.2 Å². The molecule has 0 unspecified atom stereocenters. The zero-order chi connectivity index (χ0) is 23.6. The van der Waals surface area contributed by atoms with Crippen LogP contribution < -0.4 is 19.6 Å². The third-order valence-corrected chi connectivity index (χ3v) is 5.32. The minimum Gasteiger partial charge on any atom is -0.497 e. The highest BCUT2D eigenvalue weighted by Gasteiger charge is 2.11. The number of amides is 1. The lowest BCUT2D eigenvalue weighted by molar-refractivity contribution is -0.116. The lowest BCUT2D eigenvalue weighted by Gasteiger charge is -2.13. The van der Waals surface area contributed by atoms with E-state index in [4.69, 9.17) is 25.8 Å². The van der Waals surface area contributed by atoms with E-state index in [0.717, 1.165) is 22.4 Å². The first-order valence-corrected chi connectivity index (χ1v) is 11.1. The maximum atomic E-state index is 12.0. The van der Waals surface area contributed by atoms with Crippen molar-refractivity contribution in [1.29, 1.82) is 0 Å². The van der Waals surface area contributed by atoms with Gasteiger partial charge in [-0.3, -0.25) is 4.79 Å². The molecule has 0 saturated heterocycles. The van der Waals surface area contributed by atoms with Gasteiger partial charge in [-0.1, -0.05) is 35.9 Å². The highest BCUT2D eigenvalue weighted by atomic mass is 79.9. The molecule has 1 amide bonds. The van der Waals surface area contributed by atoms with E-state index in [2.05, 4.69) is 26.5 Å². The van der Waals surface area contributed by atoms with Crippen molar-refractivity contribution < 1.29 is 19.0 Å². The molecule has 0 heterocycles. The molecule has 33 heavy (non-hydrogen) atoms. The maximum absolute atomic E-state index is 12.0. The minimum absolute atomic E-state index is 0.351. The van der Waals surface area contributed by atoms with E-state index >= 15 is 0 Å². The molecule has 6 nitrogen and oxygen atoms in total. The Morgan fingerprint density at radius 3 is 2.42 bits per heavy atom. The summed E-state index contributed by atoms with van der Waals surface area (Å²) in [7, 11) is 3.16. The van der Waals surface area contributed by atoms with Gasteiger partial charge in [-0.15, -0.1) is 0 Å². The monoisotopic (exact) mass is 528 g/mol. The molecule has 8 heteroatoms. The normalized spacial score (nSPS) is 11.0. The van der Waals surface area contributed by atoms with Gasteiger partial charge < -0.3 is 14.2 Å². The fourth-order valence-corrected chi connectivity index (χ4v) is 3.49. The van der Waals surface area contributed by atoms with Crippen LogP contribution >= 0.6 is 27.5 Å². The molecular weight excluding hydrogens is 508 g/mol. The largest absolute Gasteiger partial charge is 0.497 e. The smallest absolute Gasteiger partial charge is 0.264 e. The van der Waals surface area contributed by atoms with Crippen LogP contribution in [0.15, 0.2) is 76.3 Å². The number of carbonyl (C=O) groups is 1. The highest BCUT2D eigenvalue weighted by Crippen LogP contribution is 2.36. The standard InChI is InChI=1S/C25H22BrClN2O4/c1-31-21-10-5-17(6-11-21)7-12-24(30)29-28-15-19-13-22(26)25(23(14-19)32-2)33-16-18-3-8-20(27)9-4-18/h3-15H,16H2,1-2H3,(H,29,30)/b12-7+,28-15-. The summed E-state index contributed by atoms with van der Waals surface area (Å²) in [5.41, 5.74) is 5.04. The quantitative estimate of drug-likeness (QED) is 0.214. The second kappa shape index (κ2) is 12.1. The topological polar surface area (TPSA) is 69.2 Å². The molecule has 0 atom stereocenters. The summed E-state index contributed by atoms with van der Waals surface area (Å²) in [6.07, 6.45) is 4.62. The van der Waals surface area contributed by atoms with Crippen LogP contribution in [-0.4, -0.2) is 26.3 Å². The van der Waals surface area contributed by atoms with Crippen LogP contribution in [-0.2, 0) is 11.4 Å². The van der Waals surface area contributed by atoms with Gasteiger partial charge in [0.1, 0.15) is 12.4 Å². The average Bonchev–Trinajstić information content (AvgIpc) is 2.83. The third-order valence-electron chi connectivity index (χ3n) is 4.48. The molecule has 1 N–H and O–H groups in total. The number of hydrazone groups is 1. The van der Waals surface area contributed by atoms with Crippen LogP contribution in [0, 0.1) is 0 Å². The molecule has 3 rings (SSSR count). The summed E-state index contributed by atoms with van der Waals surface area (Å²) >= 11 is 9.43. The molecule has 3 aromatic carbocycles. The lowest BCUT2D eigenvalue weighted by Crippen LogP contribution is -2.14. The van der Waals surface area contributed by atoms with Gasteiger partial charge in [0.15, 0.2) is 11.5 Å². The minimum atomic E-state index is -0.351. The van der Waals surface area contributed by atoms with Crippen LogP contribution in [0.1, 0.15) is 16.7 Å². The Morgan fingerprint density at radius 1 is 1.03 bits per heavy atom. The predicted molar refractivity (Wildman–Crippen MR) is 134 cm³/mol. The first-order valence-electron chi connectivity index (χ1n) is 9.88. The second-order valence-corrected chi connectivity index (χ2v) is 8.08. The van der Waals surface area contributed by atoms with E-state index in [9.17, 15) is 4.79 Å². The number of benzene rings is 3. The van der Waals surface area contributed by atoms with Gasteiger partial charge in [0, 0.05) is 11.1 Å². The number of nitrogens with one attached hydrogen (secondary N) is 1. The first kappa shape index (κ1) is 24.4. The Kier molecular flexibility index (Phi) is 8.92. The van der Waals surface area contributed by atoms with Crippen LogP contribution in [0.3, 0.4) is 0 Å².